The number of ether oxygens (including phenoxy) is 1. The van der Waals surface area contributed by atoms with Crippen molar-refractivity contribution in [3.05, 3.63) is 29.6 Å². The van der Waals surface area contributed by atoms with Gasteiger partial charge in [-0.15, -0.1) is 0 Å². The van der Waals surface area contributed by atoms with Gasteiger partial charge in [0.25, 0.3) is 0 Å². The average Bonchev–Trinajstić information content (AvgIpc) is 2.95. The standard InChI is InChI=1S/C14H18FN3O3/c1-2-11-8(6-7-21-11)14(19)17-10-5-3-4-9(15)12(10)13(16)18-20/h3-5,8,11,20H,2,6-7H2,1H3,(H2,16,18)(H,17,19). The van der Waals surface area contributed by atoms with E-state index in [9.17, 15) is 9.18 Å². The average molecular weight is 295 g/mol. The number of nitrogens with two attached hydrogens (primary N) is 1. The van der Waals surface area contributed by atoms with Crippen LogP contribution in [0.4, 0.5) is 10.1 Å². The number of anilines is 1. The summed E-state index contributed by atoms with van der Waals surface area (Å²) in [5.41, 5.74) is 5.52. The van der Waals surface area contributed by atoms with Crippen molar-refractivity contribution in [2.24, 2.45) is 16.8 Å². The Bertz CT molecular complexity index is 562. The van der Waals surface area contributed by atoms with Crippen LogP contribution in [-0.4, -0.2) is 29.7 Å². The zero-order valence-electron chi connectivity index (χ0n) is 11.7. The van der Waals surface area contributed by atoms with Gasteiger partial charge in [-0.3, -0.25) is 4.79 Å². The van der Waals surface area contributed by atoms with Gasteiger partial charge in [0.1, 0.15) is 5.82 Å². The van der Waals surface area contributed by atoms with Gasteiger partial charge in [-0.05, 0) is 25.0 Å². The van der Waals surface area contributed by atoms with Crippen LogP contribution < -0.4 is 11.1 Å². The fraction of sp³-hybridized carbons (Fsp3) is 0.429. The molecule has 0 spiro atoms. The van der Waals surface area contributed by atoms with E-state index in [1.54, 1.807) is 0 Å². The second kappa shape index (κ2) is 6.53. The Morgan fingerprint density at radius 1 is 1.62 bits per heavy atom. The monoisotopic (exact) mass is 295 g/mol. The van der Waals surface area contributed by atoms with Gasteiger partial charge < -0.3 is 21.0 Å². The van der Waals surface area contributed by atoms with Crippen LogP contribution in [0.3, 0.4) is 0 Å². The highest BCUT2D eigenvalue weighted by Gasteiger charge is 2.33. The highest BCUT2D eigenvalue weighted by Crippen LogP contribution is 2.26. The van der Waals surface area contributed by atoms with E-state index in [2.05, 4.69) is 10.5 Å². The van der Waals surface area contributed by atoms with E-state index in [-0.39, 0.29) is 29.2 Å². The van der Waals surface area contributed by atoms with Gasteiger partial charge in [0.05, 0.1) is 23.3 Å². The molecule has 6 nitrogen and oxygen atoms in total. The number of nitrogens with zero attached hydrogens (tertiary/aromatic N) is 1. The third-order valence-electron chi connectivity index (χ3n) is 3.58. The molecule has 0 bridgehead atoms. The van der Waals surface area contributed by atoms with E-state index in [4.69, 9.17) is 15.7 Å². The molecule has 1 aromatic rings. The van der Waals surface area contributed by atoms with Crippen molar-refractivity contribution in [2.45, 2.75) is 25.9 Å². The molecular formula is C14H18FN3O3. The summed E-state index contributed by atoms with van der Waals surface area (Å²) in [6, 6.07) is 4.13. The molecule has 2 rings (SSSR count). The SMILES string of the molecule is CCC1OCCC1C(=O)Nc1cccc(F)c1/C(N)=N/O. The molecule has 1 saturated heterocycles. The first-order valence-corrected chi connectivity index (χ1v) is 6.77. The normalized spacial score (nSPS) is 22.3. The number of carbonyl (C=O) groups excluding carboxylic acids is 1. The molecule has 4 N–H and O–H groups in total. The number of hydrogen-bond acceptors (Lipinski definition) is 4. The van der Waals surface area contributed by atoms with Crippen LogP contribution in [0.2, 0.25) is 0 Å². The minimum Gasteiger partial charge on any atom is -0.409 e. The molecule has 1 aliphatic heterocycles. The first kappa shape index (κ1) is 15.2. The zero-order valence-corrected chi connectivity index (χ0v) is 11.7. The topological polar surface area (TPSA) is 96.9 Å². The van der Waals surface area contributed by atoms with E-state index in [1.165, 1.54) is 18.2 Å². The maximum atomic E-state index is 13.8. The molecule has 2 atom stereocenters. The minimum atomic E-state index is -0.669. The molecule has 0 radical (unpaired) electrons. The van der Waals surface area contributed by atoms with Crippen LogP contribution in [0.1, 0.15) is 25.3 Å². The summed E-state index contributed by atoms with van der Waals surface area (Å²) >= 11 is 0. The molecule has 1 aliphatic rings. The largest absolute Gasteiger partial charge is 0.409 e. The highest BCUT2D eigenvalue weighted by molar-refractivity contribution is 6.06. The molecule has 114 valence electrons. The van der Waals surface area contributed by atoms with Gasteiger partial charge >= 0.3 is 0 Å². The molecule has 1 heterocycles. The van der Waals surface area contributed by atoms with Gasteiger partial charge in [0.15, 0.2) is 5.84 Å². The Labute approximate surface area is 121 Å². The third kappa shape index (κ3) is 3.13. The summed E-state index contributed by atoms with van der Waals surface area (Å²) < 4.78 is 19.3. The number of oxime groups is 1. The highest BCUT2D eigenvalue weighted by atomic mass is 19.1. The third-order valence-corrected chi connectivity index (χ3v) is 3.58. The van der Waals surface area contributed by atoms with E-state index in [0.29, 0.717) is 13.0 Å². The zero-order chi connectivity index (χ0) is 15.4. The number of nitrogens with one attached hydrogen (secondary N) is 1. The molecular weight excluding hydrogens is 277 g/mol. The van der Waals surface area contributed by atoms with Crippen molar-refractivity contribution in [1.82, 2.24) is 0 Å². The lowest BCUT2D eigenvalue weighted by molar-refractivity contribution is -0.121. The second-order valence-electron chi connectivity index (χ2n) is 4.85. The van der Waals surface area contributed by atoms with Crippen molar-refractivity contribution in [1.29, 1.82) is 0 Å². The van der Waals surface area contributed by atoms with Gasteiger partial charge in [-0.1, -0.05) is 18.1 Å². The van der Waals surface area contributed by atoms with Crippen LogP contribution in [-0.2, 0) is 9.53 Å². The fourth-order valence-corrected chi connectivity index (χ4v) is 2.51. The Balaban J connectivity index is 2.24. The lowest BCUT2D eigenvalue weighted by Crippen LogP contribution is -2.30. The fourth-order valence-electron chi connectivity index (χ4n) is 2.51. The van der Waals surface area contributed by atoms with Crippen LogP contribution in [0.5, 0.6) is 0 Å². The Morgan fingerprint density at radius 3 is 3.05 bits per heavy atom. The molecule has 1 aromatic carbocycles. The van der Waals surface area contributed by atoms with E-state index in [1.807, 2.05) is 6.92 Å². The summed E-state index contributed by atoms with van der Waals surface area (Å²) in [5.74, 6) is -1.59. The number of rotatable bonds is 4. The lowest BCUT2D eigenvalue weighted by atomic mass is 9.98. The molecule has 0 saturated carbocycles. The molecule has 1 fully saturated rings. The molecule has 7 heteroatoms. The summed E-state index contributed by atoms with van der Waals surface area (Å²) in [6.45, 7) is 2.48. The van der Waals surface area contributed by atoms with Crippen molar-refractivity contribution in [3.8, 4) is 0 Å². The first-order chi connectivity index (χ1) is 10.1. The summed E-state index contributed by atoms with van der Waals surface area (Å²) in [5, 5.41) is 14.2. The minimum absolute atomic E-state index is 0.125. The van der Waals surface area contributed by atoms with E-state index in [0.717, 1.165) is 6.42 Å². The number of amidine groups is 1. The second-order valence-corrected chi connectivity index (χ2v) is 4.85. The Hall–Kier alpha value is -2.15. The van der Waals surface area contributed by atoms with Crippen LogP contribution in [0.15, 0.2) is 23.4 Å². The lowest BCUT2D eigenvalue weighted by Gasteiger charge is -2.18. The maximum Gasteiger partial charge on any atom is 0.230 e. The molecule has 1 amide bonds. The summed E-state index contributed by atoms with van der Waals surface area (Å²) in [6.07, 6.45) is 1.22. The quantitative estimate of drug-likeness (QED) is 0.341. The summed E-state index contributed by atoms with van der Waals surface area (Å²) in [7, 11) is 0. The Morgan fingerprint density at radius 2 is 2.38 bits per heavy atom. The molecule has 21 heavy (non-hydrogen) atoms. The molecule has 2 unspecified atom stereocenters. The molecule has 0 aliphatic carbocycles. The smallest absolute Gasteiger partial charge is 0.230 e. The van der Waals surface area contributed by atoms with Gasteiger partial charge in [-0.2, -0.15) is 0 Å². The van der Waals surface area contributed by atoms with Crippen molar-refractivity contribution >= 4 is 17.4 Å². The van der Waals surface area contributed by atoms with E-state index < -0.39 is 11.7 Å². The Kier molecular flexibility index (Phi) is 4.74. The van der Waals surface area contributed by atoms with Gasteiger partial charge in [-0.25, -0.2) is 4.39 Å². The predicted octanol–water partition coefficient (Wildman–Crippen LogP) is 1.67. The first-order valence-electron chi connectivity index (χ1n) is 6.77. The number of hydrogen-bond donors (Lipinski definition) is 3. The molecule has 0 aromatic heterocycles. The van der Waals surface area contributed by atoms with Crippen LogP contribution in [0.25, 0.3) is 0 Å². The van der Waals surface area contributed by atoms with Crippen molar-refractivity contribution in [3.63, 3.8) is 0 Å². The number of amides is 1. The van der Waals surface area contributed by atoms with Crippen LogP contribution in [0, 0.1) is 11.7 Å². The number of halogens is 1. The predicted molar refractivity (Wildman–Crippen MR) is 75.7 cm³/mol. The van der Waals surface area contributed by atoms with Crippen molar-refractivity contribution in [2.75, 3.05) is 11.9 Å². The maximum absolute atomic E-state index is 13.8. The van der Waals surface area contributed by atoms with Gasteiger partial charge in [0.2, 0.25) is 5.91 Å². The van der Waals surface area contributed by atoms with Crippen molar-refractivity contribution < 1.29 is 19.1 Å². The van der Waals surface area contributed by atoms with Gasteiger partial charge in [0, 0.05) is 6.61 Å². The summed E-state index contributed by atoms with van der Waals surface area (Å²) in [4.78, 5) is 12.3. The van der Waals surface area contributed by atoms with Crippen LogP contribution >= 0.6 is 0 Å². The number of carbonyl (C=O) groups is 1. The van der Waals surface area contributed by atoms with E-state index >= 15 is 0 Å². The number of benzene rings is 1.